The molecular formula is C17H20N2O2. The van der Waals surface area contributed by atoms with Crippen LogP contribution in [0.5, 0.6) is 0 Å². The largest absolute Gasteiger partial charge is 0.478 e. The van der Waals surface area contributed by atoms with Gasteiger partial charge in [0, 0.05) is 18.8 Å². The predicted molar refractivity (Wildman–Crippen MR) is 84.2 cm³/mol. The number of nitrogens with two attached hydrogens (primary N) is 1. The van der Waals surface area contributed by atoms with E-state index in [2.05, 4.69) is 30.0 Å². The first-order chi connectivity index (χ1) is 9.97. The summed E-state index contributed by atoms with van der Waals surface area (Å²) in [6.07, 6.45) is 0. The summed E-state index contributed by atoms with van der Waals surface area (Å²) in [7, 11) is 1.97. The van der Waals surface area contributed by atoms with Crippen LogP contribution >= 0.6 is 0 Å². The number of anilines is 1. The quantitative estimate of drug-likeness (QED) is 0.828. The summed E-state index contributed by atoms with van der Waals surface area (Å²) in [5, 5.41) is 9.29. The molecule has 4 heteroatoms. The van der Waals surface area contributed by atoms with Crippen molar-refractivity contribution in [3.05, 3.63) is 64.7 Å². The topological polar surface area (TPSA) is 66.6 Å². The van der Waals surface area contributed by atoms with Gasteiger partial charge in [0.05, 0.1) is 5.56 Å². The number of nitrogen functional groups attached to an aromatic ring is 1. The number of rotatable bonds is 5. The highest BCUT2D eigenvalue weighted by Crippen LogP contribution is 2.19. The van der Waals surface area contributed by atoms with E-state index in [9.17, 15) is 9.90 Å². The summed E-state index contributed by atoms with van der Waals surface area (Å²) >= 11 is 0. The Morgan fingerprint density at radius 2 is 1.90 bits per heavy atom. The lowest BCUT2D eigenvalue weighted by Gasteiger charge is -2.19. The molecule has 0 aliphatic rings. The van der Waals surface area contributed by atoms with E-state index in [1.807, 2.05) is 19.2 Å². The SMILES string of the molecule is Cc1cccc(CN(C)Cc2cccc(N)c2C(=O)O)c1. The maximum atomic E-state index is 11.3. The maximum Gasteiger partial charge on any atom is 0.338 e. The lowest BCUT2D eigenvalue weighted by molar-refractivity contribution is 0.0696. The van der Waals surface area contributed by atoms with Crippen LogP contribution in [0.3, 0.4) is 0 Å². The molecule has 0 spiro atoms. The fraction of sp³-hybridized carbons (Fsp3) is 0.235. The summed E-state index contributed by atoms with van der Waals surface area (Å²) in [4.78, 5) is 13.4. The van der Waals surface area contributed by atoms with Gasteiger partial charge in [0.1, 0.15) is 0 Å². The second-order valence-electron chi connectivity index (χ2n) is 5.35. The first kappa shape index (κ1) is 15.1. The number of aromatic carboxylic acids is 1. The van der Waals surface area contributed by atoms with Crippen LogP contribution in [0.2, 0.25) is 0 Å². The Labute approximate surface area is 124 Å². The molecule has 0 unspecified atom stereocenters. The van der Waals surface area contributed by atoms with Gasteiger partial charge in [-0.1, -0.05) is 42.0 Å². The predicted octanol–water partition coefficient (Wildman–Crippen LogP) is 2.91. The minimum Gasteiger partial charge on any atom is -0.478 e. The van der Waals surface area contributed by atoms with Gasteiger partial charge >= 0.3 is 5.97 Å². The fourth-order valence-corrected chi connectivity index (χ4v) is 2.48. The third kappa shape index (κ3) is 3.83. The molecule has 110 valence electrons. The van der Waals surface area contributed by atoms with Gasteiger partial charge in [0.2, 0.25) is 0 Å². The van der Waals surface area contributed by atoms with Crippen molar-refractivity contribution >= 4 is 11.7 Å². The van der Waals surface area contributed by atoms with Crippen LogP contribution in [0.1, 0.15) is 27.0 Å². The molecule has 2 aromatic rings. The minimum atomic E-state index is -0.980. The van der Waals surface area contributed by atoms with Crippen molar-refractivity contribution in [2.75, 3.05) is 12.8 Å². The van der Waals surface area contributed by atoms with Gasteiger partial charge in [0.25, 0.3) is 0 Å². The Balaban J connectivity index is 2.15. The molecular weight excluding hydrogens is 264 g/mol. The van der Waals surface area contributed by atoms with Gasteiger partial charge in [0.15, 0.2) is 0 Å². The van der Waals surface area contributed by atoms with Crippen molar-refractivity contribution in [3.63, 3.8) is 0 Å². The van der Waals surface area contributed by atoms with Gasteiger partial charge in [-0.25, -0.2) is 4.79 Å². The van der Waals surface area contributed by atoms with Gasteiger partial charge in [-0.3, -0.25) is 4.90 Å². The molecule has 0 saturated heterocycles. The van der Waals surface area contributed by atoms with E-state index in [4.69, 9.17) is 5.73 Å². The van der Waals surface area contributed by atoms with Crippen LogP contribution < -0.4 is 5.73 Å². The maximum absolute atomic E-state index is 11.3. The second-order valence-corrected chi connectivity index (χ2v) is 5.35. The number of carbonyl (C=O) groups is 1. The van der Waals surface area contributed by atoms with Crippen LogP contribution in [0.25, 0.3) is 0 Å². The summed E-state index contributed by atoms with van der Waals surface area (Å²) in [5.74, 6) is -0.980. The van der Waals surface area contributed by atoms with Crippen LogP contribution in [0.15, 0.2) is 42.5 Å². The zero-order valence-corrected chi connectivity index (χ0v) is 12.3. The Hall–Kier alpha value is -2.33. The first-order valence-electron chi connectivity index (χ1n) is 6.82. The Kier molecular flexibility index (Phi) is 4.60. The van der Waals surface area contributed by atoms with Crippen LogP contribution in [-0.4, -0.2) is 23.0 Å². The number of carboxylic acid groups (broad SMARTS) is 1. The number of aryl methyl sites for hydroxylation is 1. The Morgan fingerprint density at radius 3 is 2.57 bits per heavy atom. The van der Waals surface area contributed by atoms with Crippen molar-refractivity contribution in [3.8, 4) is 0 Å². The normalized spacial score (nSPS) is 10.8. The highest BCUT2D eigenvalue weighted by molar-refractivity contribution is 5.95. The molecule has 0 aliphatic carbocycles. The number of benzene rings is 2. The molecule has 0 radical (unpaired) electrons. The van der Waals surface area contributed by atoms with E-state index in [1.165, 1.54) is 11.1 Å². The molecule has 2 aromatic carbocycles. The summed E-state index contributed by atoms with van der Waals surface area (Å²) < 4.78 is 0. The molecule has 0 aromatic heterocycles. The monoisotopic (exact) mass is 284 g/mol. The molecule has 3 N–H and O–H groups in total. The van der Waals surface area contributed by atoms with E-state index < -0.39 is 5.97 Å². The summed E-state index contributed by atoms with van der Waals surface area (Å²) in [6.45, 7) is 3.36. The Morgan fingerprint density at radius 1 is 1.19 bits per heavy atom. The fourth-order valence-electron chi connectivity index (χ4n) is 2.48. The molecule has 0 saturated carbocycles. The standard InChI is InChI=1S/C17H20N2O2/c1-12-5-3-6-13(9-12)10-19(2)11-14-7-4-8-15(18)16(14)17(20)21/h3-9H,10-11,18H2,1-2H3,(H,20,21). The first-order valence-corrected chi connectivity index (χ1v) is 6.82. The van der Waals surface area contributed by atoms with E-state index in [0.29, 0.717) is 12.2 Å². The van der Waals surface area contributed by atoms with Gasteiger partial charge < -0.3 is 10.8 Å². The number of carboxylic acids is 1. The highest BCUT2D eigenvalue weighted by atomic mass is 16.4. The van der Waals surface area contributed by atoms with Crippen molar-refractivity contribution in [1.82, 2.24) is 4.90 Å². The molecule has 0 heterocycles. The zero-order chi connectivity index (χ0) is 15.4. The Bertz CT molecular complexity index is 653. The molecule has 0 amide bonds. The number of hydrogen-bond acceptors (Lipinski definition) is 3. The molecule has 0 bridgehead atoms. The smallest absolute Gasteiger partial charge is 0.338 e. The average Bonchev–Trinajstić information content (AvgIpc) is 2.37. The van der Waals surface area contributed by atoms with Gasteiger partial charge in [-0.2, -0.15) is 0 Å². The number of nitrogens with zero attached hydrogens (tertiary/aromatic N) is 1. The van der Waals surface area contributed by atoms with Crippen LogP contribution in [0.4, 0.5) is 5.69 Å². The lowest BCUT2D eigenvalue weighted by atomic mass is 10.0. The zero-order valence-electron chi connectivity index (χ0n) is 12.3. The average molecular weight is 284 g/mol. The van der Waals surface area contributed by atoms with Crippen molar-refractivity contribution in [2.24, 2.45) is 0 Å². The molecule has 0 aliphatic heterocycles. The summed E-state index contributed by atoms with van der Waals surface area (Å²) in [6, 6.07) is 13.5. The lowest BCUT2D eigenvalue weighted by Crippen LogP contribution is -2.19. The van der Waals surface area contributed by atoms with E-state index in [1.54, 1.807) is 12.1 Å². The van der Waals surface area contributed by atoms with E-state index in [-0.39, 0.29) is 5.56 Å². The molecule has 0 atom stereocenters. The van der Waals surface area contributed by atoms with E-state index >= 15 is 0 Å². The molecule has 0 fully saturated rings. The molecule has 2 rings (SSSR count). The second kappa shape index (κ2) is 6.41. The third-order valence-electron chi connectivity index (χ3n) is 3.37. The van der Waals surface area contributed by atoms with Crippen molar-refractivity contribution in [1.29, 1.82) is 0 Å². The van der Waals surface area contributed by atoms with Crippen molar-refractivity contribution in [2.45, 2.75) is 20.0 Å². The molecule has 21 heavy (non-hydrogen) atoms. The summed E-state index contributed by atoms with van der Waals surface area (Å²) in [5.41, 5.74) is 9.44. The van der Waals surface area contributed by atoms with Gasteiger partial charge in [-0.15, -0.1) is 0 Å². The highest BCUT2D eigenvalue weighted by Gasteiger charge is 2.14. The van der Waals surface area contributed by atoms with Crippen LogP contribution in [0, 0.1) is 6.92 Å². The molecule has 4 nitrogen and oxygen atoms in total. The van der Waals surface area contributed by atoms with Crippen LogP contribution in [-0.2, 0) is 13.1 Å². The van der Waals surface area contributed by atoms with Gasteiger partial charge in [-0.05, 0) is 31.2 Å². The van der Waals surface area contributed by atoms with Crippen molar-refractivity contribution < 1.29 is 9.90 Å². The minimum absolute atomic E-state index is 0.202. The van der Waals surface area contributed by atoms with E-state index in [0.717, 1.165) is 12.1 Å². The third-order valence-corrected chi connectivity index (χ3v) is 3.37. The number of hydrogen-bond donors (Lipinski definition) is 2.